The average molecular weight is 356 g/mol. The number of hydrogen-bond acceptors (Lipinski definition) is 4. The SMILES string of the molecule is CC(CNC(=O)OC(C)(C)C)c1cccc(C(O)c2ccccc2)c1N. The molecule has 0 aromatic heterocycles. The van der Waals surface area contributed by atoms with Crippen LogP contribution < -0.4 is 11.1 Å². The number of carbonyl (C=O) groups is 1. The van der Waals surface area contributed by atoms with Gasteiger partial charge in [-0.2, -0.15) is 0 Å². The van der Waals surface area contributed by atoms with Crippen molar-refractivity contribution in [3.8, 4) is 0 Å². The Hall–Kier alpha value is -2.53. The fourth-order valence-corrected chi connectivity index (χ4v) is 2.75. The molecule has 26 heavy (non-hydrogen) atoms. The van der Waals surface area contributed by atoms with E-state index in [0.717, 1.165) is 11.1 Å². The number of hydrogen-bond donors (Lipinski definition) is 3. The van der Waals surface area contributed by atoms with Gasteiger partial charge in [0.1, 0.15) is 11.7 Å². The Morgan fingerprint density at radius 2 is 1.73 bits per heavy atom. The zero-order chi connectivity index (χ0) is 19.3. The van der Waals surface area contributed by atoms with Gasteiger partial charge in [0.25, 0.3) is 0 Å². The molecule has 0 aliphatic heterocycles. The number of carbonyl (C=O) groups excluding carboxylic acids is 1. The van der Waals surface area contributed by atoms with E-state index in [4.69, 9.17) is 10.5 Å². The number of aliphatic hydroxyl groups is 1. The van der Waals surface area contributed by atoms with Crippen molar-refractivity contribution in [2.75, 3.05) is 12.3 Å². The number of alkyl carbamates (subject to hydrolysis) is 1. The third kappa shape index (κ3) is 5.23. The van der Waals surface area contributed by atoms with Crippen LogP contribution in [0, 0.1) is 0 Å². The van der Waals surface area contributed by atoms with E-state index in [-0.39, 0.29) is 5.92 Å². The van der Waals surface area contributed by atoms with Crippen LogP contribution in [0.4, 0.5) is 10.5 Å². The van der Waals surface area contributed by atoms with E-state index in [1.54, 1.807) is 0 Å². The summed E-state index contributed by atoms with van der Waals surface area (Å²) in [4.78, 5) is 11.8. The molecule has 0 radical (unpaired) electrons. The molecule has 2 rings (SSSR count). The molecular weight excluding hydrogens is 328 g/mol. The lowest BCUT2D eigenvalue weighted by molar-refractivity contribution is 0.0525. The van der Waals surface area contributed by atoms with E-state index in [2.05, 4.69) is 5.32 Å². The van der Waals surface area contributed by atoms with Crippen molar-refractivity contribution in [1.29, 1.82) is 0 Å². The molecule has 5 nitrogen and oxygen atoms in total. The highest BCUT2D eigenvalue weighted by Crippen LogP contribution is 2.32. The monoisotopic (exact) mass is 356 g/mol. The number of amides is 1. The molecule has 0 bridgehead atoms. The Labute approximate surface area is 155 Å². The zero-order valence-corrected chi connectivity index (χ0v) is 15.8. The molecule has 0 spiro atoms. The quantitative estimate of drug-likeness (QED) is 0.708. The predicted octanol–water partition coefficient (Wildman–Crippen LogP) is 3.98. The number of nitrogens with one attached hydrogen (secondary N) is 1. The van der Waals surface area contributed by atoms with Gasteiger partial charge in [-0.3, -0.25) is 0 Å². The molecule has 140 valence electrons. The maximum absolute atomic E-state index is 11.8. The van der Waals surface area contributed by atoms with Crippen LogP contribution in [0.5, 0.6) is 0 Å². The second-order valence-corrected chi connectivity index (χ2v) is 7.45. The van der Waals surface area contributed by atoms with Gasteiger partial charge in [0.05, 0.1) is 0 Å². The summed E-state index contributed by atoms with van der Waals surface area (Å²) in [5.74, 6) is -0.0227. The van der Waals surface area contributed by atoms with Crippen LogP contribution in [0.3, 0.4) is 0 Å². The summed E-state index contributed by atoms with van der Waals surface area (Å²) in [5.41, 5.74) is 8.67. The van der Waals surface area contributed by atoms with E-state index in [0.29, 0.717) is 17.8 Å². The molecule has 4 N–H and O–H groups in total. The standard InChI is InChI=1S/C21H28N2O3/c1-14(13-23-20(25)26-21(2,3)4)16-11-8-12-17(18(16)22)19(24)15-9-6-5-7-10-15/h5-12,14,19,24H,13,22H2,1-4H3,(H,23,25). The summed E-state index contributed by atoms with van der Waals surface area (Å²) in [5, 5.41) is 13.4. The number of ether oxygens (including phenoxy) is 1. The normalized spacial score (nSPS) is 13.7. The van der Waals surface area contributed by atoms with Crippen molar-refractivity contribution >= 4 is 11.8 Å². The van der Waals surface area contributed by atoms with Gasteiger partial charge in [-0.1, -0.05) is 55.5 Å². The van der Waals surface area contributed by atoms with Gasteiger partial charge >= 0.3 is 6.09 Å². The number of rotatable bonds is 5. The molecule has 5 heteroatoms. The second kappa shape index (κ2) is 8.23. The lowest BCUT2D eigenvalue weighted by atomic mass is 9.92. The van der Waals surface area contributed by atoms with Crippen LogP contribution in [-0.4, -0.2) is 23.3 Å². The third-order valence-electron chi connectivity index (χ3n) is 4.07. The van der Waals surface area contributed by atoms with Gasteiger partial charge in [-0.15, -0.1) is 0 Å². The highest BCUT2D eigenvalue weighted by atomic mass is 16.6. The second-order valence-electron chi connectivity index (χ2n) is 7.45. The third-order valence-corrected chi connectivity index (χ3v) is 4.07. The first kappa shape index (κ1) is 19.8. The fraction of sp³-hybridized carbons (Fsp3) is 0.381. The Balaban J connectivity index is 2.12. The maximum atomic E-state index is 11.8. The largest absolute Gasteiger partial charge is 0.444 e. The molecule has 0 heterocycles. The summed E-state index contributed by atoms with van der Waals surface area (Å²) in [7, 11) is 0. The van der Waals surface area contributed by atoms with Gasteiger partial charge in [-0.25, -0.2) is 4.79 Å². The average Bonchev–Trinajstić information content (AvgIpc) is 2.58. The first-order valence-corrected chi connectivity index (χ1v) is 8.77. The molecular formula is C21H28N2O3. The van der Waals surface area contributed by atoms with Crippen molar-refractivity contribution in [2.45, 2.75) is 45.3 Å². The Kier molecular flexibility index (Phi) is 6.27. The Bertz CT molecular complexity index is 739. The van der Waals surface area contributed by atoms with Crippen molar-refractivity contribution in [2.24, 2.45) is 0 Å². The lowest BCUT2D eigenvalue weighted by Gasteiger charge is -2.22. The number of nitrogens with two attached hydrogens (primary N) is 1. The molecule has 2 aromatic rings. The number of para-hydroxylation sites is 1. The molecule has 0 saturated carbocycles. The topological polar surface area (TPSA) is 84.6 Å². The van der Waals surface area contributed by atoms with Crippen LogP contribution in [0.1, 0.15) is 56.4 Å². The minimum absolute atomic E-state index is 0.0227. The Morgan fingerprint density at radius 1 is 1.12 bits per heavy atom. The van der Waals surface area contributed by atoms with Crippen molar-refractivity contribution < 1.29 is 14.6 Å². The highest BCUT2D eigenvalue weighted by molar-refractivity contribution is 5.68. The maximum Gasteiger partial charge on any atom is 0.407 e. The molecule has 0 aliphatic carbocycles. The number of anilines is 1. The Morgan fingerprint density at radius 3 is 2.35 bits per heavy atom. The first-order valence-electron chi connectivity index (χ1n) is 8.77. The number of nitrogen functional groups attached to an aromatic ring is 1. The van der Waals surface area contributed by atoms with Crippen LogP contribution >= 0.6 is 0 Å². The smallest absolute Gasteiger partial charge is 0.407 e. The molecule has 2 unspecified atom stereocenters. The van der Waals surface area contributed by atoms with Crippen LogP contribution in [-0.2, 0) is 4.74 Å². The van der Waals surface area contributed by atoms with Crippen LogP contribution in [0.25, 0.3) is 0 Å². The fourth-order valence-electron chi connectivity index (χ4n) is 2.75. The minimum atomic E-state index is -0.790. The highest BCUT2D eigenvalue weighted by Gasteiger charge is 2.20. The van der Waals surface area contributed by atoms with E-state index >= 15 is 0 Å². The summed E-state index contributed by atoms with van der Waals surface area (Å²) in [6.07, 6.45) is -1.24. The van der Waals surface area contributed by atoms with E-state index in [9.17, 15) is 9.90 Å². The number of benzene rings is 2. The molecule has 0 aliphatic rings. The lowest BCUT2D eigenvalue weighted by Crippen LogP contribution is -2.34. The molecule has 2 atom stereocenters. The minimum Gasteiger partial charge on any atom is -0.444 e. The summed E-state index contributed by atoms with van der Waals surface area (Å²) < 4.78 is 5.25. The predicted molar refractivity (Wildman–Crippen MR) is 104 cm³/mol. The summed E-state index contributed by atoms with van der Waals surface area (Å²) in [6.45, 7) is 7.83. The van der Waals surface area contributed by atoms with E-state index in [1.165, 1.54) is 0 Å². The summed E-state index contributed by atoms with van der Waals surface area (Å²) in [6, 6.07) is 15.0. The van der Waals surface area contributed by atoms with Crippen LogP contribution in [0.2, 0.25) is 0 Å². The van der Waals surface area contributed by atoms with Gasteiger partial charge in [0, 0.05) is 23.7 Å². The van der Waals surface area contributed by atoms with Gasteiger partial charge in [0.2, 0.25) is 0 Å². The van der Waals surface area contributed by atoms with Crippen molar-refractivity contribution in [3.05, 3.63) is 65.2 Å². The zero-order valence-electron chi connectivity index (χ0n) is 15.8. The first-order chi connectivity index (χ1) is 12.2. The molecule has 0 saturated heterocycles. The van der Waals surface area contributed by atoms with Crippen molar-refractivity contribution in [1.82, 2.24) is 5.32 Å². The number of aliphatic hydroxyl groups excluding tert-OH is 1. The van der Waals surface area contributed by atoms with Gasteiger partial charge in [0.15, 0.2) is 0 Å². The van der Waals surface area contributed by atoms with Crippen molar-refractivity contribution in [3.63, 3.8) is 0 Å². The molecule has 0 fully saturated rings. The summed E-state index contributed by atoms with van der Waals surface area (Å²) >= 11 is 0. The van der Waals surface area contributed by atoms with E-state index < -0.39 is 17.8 Å². The van der Waals surface area contributed by atoms with Gasteiger partial charge in [-0.05, 0) is 31.9 Å². The van der Waals surface area contributed by atoms with E-state index in [1.807, 2.05) is 76.2 Å². The molecule has 1 amide bonds. The molecule has 2 aromatic carbocycles. The van der Waals surface area contributed by atoms with Crippen LogP contribution in [0.15, 0.2) is 48.5 Å². The van der Waals surface area contributed by atoms with Gasteiger partial charge < -0.3 is 20.9 Å².